The van der Waals surface area contributed by atoms with Crippen LogP contribution in [0.25, 0.3) is 0 Å². The van der Waals surface area contributed by atoms with E-state index in [-0.39, 0.29) is 5.75 Å². The molecule has 1 aromatic carbocycles. The molecule has 0 radical (unpaired) electrons. The molecule has 0 N–H and O–H groups in total. The third kappa shape index (κ3) is 2.94. The van der Waals surface area contributed by atoms with Crippen molar-refractivity contribution in [1.82, 2.24) is 0 Å². The summed E-state index contributed by atoms with van der Waals surface area (Å²) in [5.41, 5.74) is 3.04. The fourth-order valence-electron chi connectivity index (χ4n) is 3.12. The van der Waals surface area contributed by atoms with Gasteiger partial charge in [-0.1, -0.05) is 26.0 Å². The highest BCUT2D eigenvalue weighted by atomic mass is 32.2. The Morgan fingerprint density at radius 3 is 2.67 bits per heavy atom. The second-order valence-electron chi connectivity index (χ2n) is 6.39. The Morgan fingerprint density at radius 1 is 1.29 bits per heavy atom. The number of rotatable bonds is 3. The molecule has 0 atom stereocenters. The molecule has 2 heterocycles. The zero-order valence-corrected chi connectivity index (χ0v) is 13.5. The average Bonchev–Trinajstić information content (AvgIpc) is 2.70. The first kappa shape index (κ1) is 14.9. The summed E-state index contributed by atoms with van der Waals surface area (Å²) in [4.78, 5) is 0. The molecule has 1 fully saturated rings. The maximum atomic E-state index is 12.5. The quantitative estimate of drug-likeness (QED) is 0.862. The van der Waals surface area contributed by atoms with Gasteiger partial charge in [0.05, 0.1) is 11.4 Å². The number of nitrogens with zero attached hydrogens (tertiary/aromatic N) is 1. The van der Waals surface area contributed by atoms with Gasteiger partial charge in [-0.3, -0.25) is 4.31 Å². The van der Waals surface area contributed by atoms with Gasteiger partial charge < -0.3 is 4.74 Å². The van der Waals surface area contributed by atoms with E-state index < -0.39 is 10.0 Å². The molecule has 0 amide bonds. The first-order valence-corrected chi connectivity index (χ1v) is 9.29. The van der Waals surface area contributed by atoms with Gasteiger partial charge in [0, 0.05) is 19.8 Å². The van der Waals surface area contributed by atoms with Crippen LogP contribution < -0.4 is 4.31 Å². The van der Waals surface area contributed by atoms with Crippen molar-refractivity contribution in [2.75, 3.05) is 24.1 Å². The van der Waals surface area contributed by atoms with Gasteiger partial charge in [-0.05, 0) is 41.9 Å². The van der Waals surface area contributed by atoms with Gasteiger partial charge in [-0.15, -0.1) is 0 Å². The molecule has 4 nitrogen and oxygen atoms in total. The molecule has 1 aromatic rings. The van der Waals surface area contributed by atoms with E-state index in [0.29, 0.717) is 18.4 Å². The SMILES string of the molecule is CC(C)c1ccc2c(c1)CS(=O)(=O)N2CC1CCOCC1. The van der Waals surface area contributed by atoms with Crippen LogP contribution in [0, 0.1) is 5.92 Å². The largest absolute Gasteiger partial charge is 0.381 e. The maximum Gasteiger partial charge on any atom is 0.239 e. The molecule has 1 saturated heterocycles. The highest BCUT2D eigenvalue weighted by Gasteiger charge is 2.35. The Morgan fingerprint density at radius 2 is 2.00 bits per heavy atom. The molecule has 0 bridgehead atoms. The first-order chi connectivity index (χ1) is 9.97. The molecule has 0 aliphatic carbocycles. The van der Waals surface area contributed by atoms with Crippen LogP contribution in [0.5, 0.6) is 0 Å². The fraction of sp³-hybridized carbons (Fsp3) is 0.625. The fourth-order valence-corrected chi connectivity index (χ4v) is 4.82. The number of sulfonamides is 1. The second-order valence-corrected chi connectivity index (χ2v) is 8.28. The van der Waals surface area contributed by atoms with Crippen molar-refractivity contribution in [2.24, 2.45) is 5.92 Å². The zero-order valence-electron chi connectivity index (χ0n) is 12.7. The van der Waals surface area contributed by atoms with Gasteiger partial charge in [0.15, 0.2) is 0 Å². The Balaban J connectivity index is 1.87. The highest BCUT2D eigenvalue weighted by Crippen LogP contribution is 2.36. The van der Waals surface area contributed by atoms with Gasteiger partial charge >= 0.3 is 0 Å². The van der Waals surface area contributed by atoms with Crippen molar-refractivity contribution in [3.63, 3.8) is 0 Å². The van der Waals surface area contributed by atoms with Gasteiger partial charge in [-0.2, -0.15) is 0 Å². The lowest BCUT2D eigenvalue weighted by Gasteiger charge is -2.27. The normalized spacial score (nSPS) is 21.8. The number of hydrogen-bond acceptors (Lipinski definition) is 3. The molecule has 0 unspecified atom stereocenters. The van der Waals surface area contributed by atoms with E-state index in [1.54, 1.807) is 4.31 Å². The van der Waals surface area contributed by atoms with Crippen LogP contribution in [0.2, 0.25) is 0 Å². The van der Waals surface area contributed by atoms with Gasteiger partial charge in [0.25, 0.3) is 0 Å². The summed E-state index contributed by atoms with van der Waals surface area (Å²) >= 11 is 0. The van der Waals surface area contributed by atoms with E-state index >= 15 is 0 Å². The van der Waals surface area contributed by atoms with Crippen molar-refractivity contribution in [1.29, 1.82) is 0 Å². The molecule has 0 spiro atoms. The predicted molar refractivity (Wildman–Crippen MR) is 84.0 cm³/mol. The van der Waals surface area contributed by atoms with E-state index in [1.807, 2.05) is 6.07 Å². The molecule has 21 heavy (non-hydrogen) atoms. The number of fused-ring (bicyclic) bond motifs is 1. The van der Waals surface area contributed by atoms with Crippen molar-refractivity contribution in [3.8, 4) is 0 Å². The molecule has 2 aliphatic rings. The number of anilines is 1. The molecule has 2 aliphatic heterocycles. The van der Waals surface area contributed by atoms with Crippen molar-refractivity contribution < 1.29 is 13.2 Å². The standard InChI is InChI=1S/C16H23NO3S/c1-12(2)14-3-4-16-15(9-14)11-21(18,19)17(16)10-13-5-7-20-8-6-13/h3-4,9,12-13H,5-8,10-11H2,1-2H3. The van der Waals surface area contributed by atoms with E-state index in [0.717, 1.165) is 37.3 Å². The minimum absolute atomic E-state index is 0.145. The molecule has 5 heteroatoms. The average molecular weight is 309 g/mol. The highest BCUT2D eigenvalue weighted by molar-refractivity contribution is 7.92. The predicted octanol–water partition coefficient (Wildman–Crippen LogP) is 2.89. The van der Waals surface area contributed by atoms with E-state index in [2.05, 4.69) is 26.0 Å². The van der Waals surface area contributed by atoms with Crippen LogP contribution in [-0.2, 0) is 20.5 Å². The molecule has 0 saturated carbocycles. The topological polar surface area (TPSA) is 46.6 Å². The number of benzene rings is 1. The summed E-state index contributed by atoms with van der Waals surface area (Å²) in [7, 11) is -3.20. The summed E-state index contributed by atoms with van der Waals surface area (Å²) in [5.74, 6) is 0.971. The van der Waals surface area contributed by atoms with Crippen LogP contribution in [0.15, 0.2) is 18.2 Å². The van der Waals surface area contributed by atoms with Crippen LogP contribution in [0.4, 0.5) is 5.69 Å². The number of hydrogen-bond donors (Lipinski definition) is 0. The van der Waals surface area contributed by atoms with E-state index in [9.17, 15) is 8.42 Å². The smallest absolute Gasteiger partial charge is 0.239 e. The molecule has 3 rings (SSSR count). The first-order valence-electron chi connectivity index (χ1n) is 7.68. The van der Waals surface area contributed by atoms with Gasteiger partial charge in [0.2, 0.25) is 10.0 Å². The van der Waals surface area contributed by atoms with E-state index in [4.69, 9.17) is 4.74 Å². The molecular formula is C16H23NO3S. The lowest BCUT2D eigenvalue weighted by molar-refractivity contribution is 0.0691. The molecular weight excluding hydrogens is 286 g/mol. The zero-order chi connectivity index (χ0) is 15.0. The van der Waals surface area contributed by atoms with Gasteiger partial charge in [-0.25, -0.2) is 8.42 Å². The molecule has 116 valence electrons. The lowest BCUT2D eigenvalue weighted by atomic mass is 9.98. The Kier molecular flexibility index (Phi) is 3.97. The van der Waals surface area contributed by atoms with Crippen molar-refractivity contribution in [2.45, 2.75) is 38.4 Å². The Labute approximate surface area is 127 Å². The summed E-state index contributed by atoms with van der Waals surface area (Å²) in [5, 5.41) is 0. The molecule has 0 aromatic heterocycles. The Hall–Kier alpha value is -1.07. The minimum Gasteiger partial charge on any atom is -0.381 e. The van der Waals surface area contributed by atoms with Crippen LogP contribution in [0.3, 0.4) is 0 Å². The maximum absolute atomic E-state index is 12.5. The summed E-state index contributed by atoms with van der Waals surface area (Å²) < 4.78 is 31.9. The summed E-state index contributed by atoms with van der Waals surface area (Å²) in [6.45, 7) is 6.35. The Bertz CT molecular complexity index is 618. The van der Waals surface area contributed by atoms with Crippen LogP contribution in [0.1, 0.15) is 43.7 Å². The summed E-state index contributed by atoms with van der Waals surface area (Å²) in [6, 6.07) is 6.09. The lowest BCUT2D eigenvalue weighted by Crippen LogP contribution is -2.34. The third-order valence-electron chi connectivity index (χ3n) is 4.48. The summed E-state index contributed by atoms with van der Waals surface area (Å²) in [6.07, 6.45) is 1.90. The van der Waals surface area contributed by atoms with Crippen molar-refractivity contribution in [3.05, 3.63) is 29.3 Å². The monoisotopic (exact) mass is 309 g/mol. The van der Waals surface area contributed by atoms with E-state index in [1.165, 1.54) is 5.56 Å². The minimum atomic E-state index is -3.20. The van der Waals surface area contributed by atoms with Crippen LogP contribution >= 0.6 is 0 Å². The van der Waals surface area contributed by atoms with Gasteiger partial charge in [0.1, 0.15) is 0 Å². The number of ether oxygens (including phenoxy) is 1. The van der Waals surface area contributed by atoms with Crippen LogP contribution in [-0.4, -0.2) is 28.2 Å². The third-order valence-corrected chi connectivity index (χ3v) is 6.17. The van der Waals surface area contributed by atoms with Crippen molar-refractivity contribution >= 4 is 15.7 Å². The second kappa shape index (κ2) is 5.61.